The molecular weight excluding hydrogens is 224 g/mol. The molecular formula is C11H13ClN4. The maximum absolute atomic E-state index is 5.84. The van der Waals surface area contributed by atoms with E-state index in [2.05, 4.69) is 10.2 Å². The number of alkyl halides is 1. The van der Waals surface area contributed by atoms with Crippen molar-refractivity contribution in [2.24, 2.45) is 5.73 Å². The third-order valence-electron chi connectivity index (χ3n) is 2.30. The van der Waals surface area contributed by atoms with Gasteiger partial charge in [-0.3, -0.25) is 4.57 Å². The van der Waals surface area contributed by atoms with Crippen molar-refractivity contribution in [1.82, 2.24) is 14.8 Å². The summed E-state index contributed by atoms with van der Waals surface area (Å²) < 4.78 is 1.96. The lowest BCUT2D eigenvalue weighted by Gasteiger charge is -2.08. The van der Waals surface area contributed by atoms with Gasteiger partial charge in [-0.15, -0.1) is 21.8 Å². The van der Waals surface area contributed by atoms with Crippen LogP contribution in [0.3, 0.4) is 0 Å². The molecule has 0 aliphatic rings. The molecule has 0 unspecified atom stereocenters. The van der Waals surface area contributed by atoms with E-state index in [4.69, 9.17) is 17.3 Å². The second-order valence-corrected chi connectivity index (χ2v) is 3.64. The van der Waals surface area contributed by atoms with Crippen LogP contribution in [0.4, 0.5) is 0 Å². The molecule has 0 aliphatic carbocycles. The molecule has 5 heteroatoms. The average molecular weight is 237 g/mol. The van der Waals surface area contributed by atoms with Crippen LogP contribution in [-0.4, -0.2) is 21.3 Å². The van der Waals surface area contributed by atoms with Crippen LogP contribution in [0.25, 0.3) is 5.69 Å². The second-order valence-electron chi connectivity index (χ2n) is 3.38. The number of nitrogens with two attached hydrogens (primary N) is 1. The zero-order chi connectivity index (χ0) is 11.4. The van der Waals surface area contributed by atoms with Gasteiger partial charge in [0.2, 0.25) is 0 Å². The van der Waals surface area contributed by atoms with Gasteiger partial charge < -0.3 is 5.73 Å². The maximum Gasteiger partial charge on any atom is 0.152 e. The first-order chi connectivity index (χ1) is 7.86. The summed E-state index contributed by atoms with van der Waals surface area (Å²) in [6.07, 6.45) is 0.693. The van der Waals surface area contributed by atoms with Crippen LogP contribution in [-0.2, 0) is 12.3 Å². The molecule has 0 saturated heterocycles. The SMILES string of the molecule is NCCc1nnc(CCl)n1-c1ccccc1. The summed E-state index contributed by atoms with van der Waals surface area (Å²) in [5.41, 5.74) is 6.56. The molecule has 1 heterocycles. The van der Waals surface area contributed by atoms with E-state index in [0.29, 0.717) is 18.8 Å². The number of para-hydroxylation sites is 1. The number of halogens is 1. The fraction of sp³-hybridized carbons (Fsp3) is 0.273. The Bertz CT molecular complexity index is 452. The number of aromatic nitrogens is 3. The minimum absolute atomic E-state index is 0.340. The predicted octanol–water partition coefficient (Wildman–Crippen LogP) is 1.51. The molecule has 2 N–H and O–H groups in total. The van der Waals surface area contributed by atoms with Gasteiger partial charge in [0.15, 0.2) is 5.82 Å². The van der Waals surface area contributed by atoms with Crippen LogP contribution < -0.4 is 5.73 Å². The molecule has 4 nitrogen and oxygen atoms in total. The quantitative estimate of drug-likeness (QED) is 0.819. The van der Waals surface area contributed by atoms with Gasteiger partial charge in [0.05, 0.1) is 5.88 Å². The highest BCUT2D eigenvalue weighted by molar-refractivity contribution is 6.16. The van der Waals surface area contributed by atoms with Gasteiger partial charge in [0, 0.05) is 12.1 Å². The molecule has 1 aromatic heterocycles. The van der Waals surface area contributed by atoms with E-state index in [9.17, 15) is 0 Å². The summed E-state index contributed by atoms with van der Waals surface area (Å²) in [6.45, 7) is 0.549. The van der Waals surface area contributed by atoms with Gasteiger partial charge >= 0.3 is 0 Å². The minimum atomic E-state index is 0.340. The fourth-order valence-corrected chi connectivity index (χ4v) is 1.78. The molecule has 2 aromatic rings. The van der Waals surface area contributed by atoms with Crippen LogP contribution in [0.5, 0.6) is 0 Å². The third-order valence-corrected chi connectivity index (χ3v) is 2.54. The lowest BCUT2D eigenvalue weighted by atomic mass is 10.3. The number of hydrogen-bond donors (Lipinski definition) is 1. The van der Waals surface area contributed by atoms with Crippen LogP contribution in [0.15, 0.2) is 30.3 Å². The van der Waals surface area contributed by atoms with E-state index in [1.54, 1.807) is 0 Å². The number of hydrogen-bond acceptors (Lipinski definition) is 3. The lowest BCUT2D eigenvalue weighted by molar-refractivity contribution is 0.822. The third kappa shape index (κ3) is 2.08. The van der Waals surface area contributed by atoms with Crippen molar-refractivity contribution in [3.63, 3.8) is 0 Å². The van der Waals surface area contributed by atoms with Crippen LogP contribution in [0.2, 0.25) is 0 Å². The van der Waals surface area contributed by atoms with E-state index >= 15 is 0 Å². The van der Waals surface area contributed by atoms with E-state index in [1.807, 2.05) is 34.9 Å². The van der Waals surface area contributed by atoms with Gasteiger partial charge in [-0.25, -0.2) is 0 Å². The highest BCUT2D eigenvalue weighted by Crippen LogP contribution is 2.14. The molecule has 84 valence electrons. The molecule has 1 aromatic carbocycles. The molecule has 0 atom stereocenters. The zero-order valence-electron chi connectivity index (χ0n) is 8.81. The summed E-state index contributed by atoms with van der Waals surface area (Å²) in [6, 6.07) is 9.91. The monoisotopic (exact) mass is 236 g/mol. The predicted molar refractivity (Wildman–Crippen MR) is 63.7 cm³/mol. The topological polar surface area (TPSA) is 56.7 Å². The van der Waals surface area contributed by atoms with Gasteiger partial charge in [-0.2, -0.15) is 0 Å². The highest BCUT2D eigenvalue weighted by Gasteiger charge is 2.11. The largest absolute Gasteiger partial charge is 0.330 e. The first-order valence-electron chi connectivity index (χ1n) is 5.11. The summed E-state index contributed by atoms with van der Waals surface area (Å²) in [4.78, 5) is 0. The zero-order valence-corrected chi connectivity index (χ0v) is 9.56. The van der Waals surface area contributed by atoms with E-state index < -0.39 is 0 Å². The highest BCUT2D eigenvalue weighted by atomic mass is 35.5. The Labute approximate surface area is 99.1 Å². The van der Waals surface area contributed by atoms with Crippen LogP contribution >= 0.6 is 11.6 Å². The Morgan fingerprint density at radius 3 is 2.44 bits per heavy atom. The summed E-state index contributed by atoms with van der Waals surface area (Å²) in [5.74, 6) is 1.94. The number of rotatable bonds is 4. The molecule has 0 amide bonds. The average Bonchev–Trinajstić information content (AvgIpc) is 2.74. The van der Waals surface area contributed by atoms with Gasteiger partial charge in [-0.05, 0) is 18.7 Å². The van der Waals surface area contributed by atoms with Crippen molar-refractivity contribution in [2.45, 2.75) is 12.3 Å². The van der Waals surface area contributed by atoms with Crippen LogP contribution in [0, 0.1) is 0 Å². The Kier molecular flexibility index (Phi) is 3.54. The fourth-order valence-electron chi connectivity index (χ4n) is 1.61. The molecule has 0 bridgehead atoms. The molecule has 16 heavy (non-hydrogen) atoms. The Hall–Kier alpha value is -1.39. The molecule has 0 radical (unpaired) electrons. The van der Waals surface area contributed by atoms with E-state index in [0.717, 1.165) is 17.3 Å². The summed E-state index contributed by atoms with van der Waals surface area (Å²) in [7, 11) is 0. The maximum atomic E-state index is 5.84. The lowest BCUT2D eigenvalue weighted by Crippen LogP contribution is -2.10. The van der Waals surface area contributed by atoms with Gasteiger partial charge in [-0.1, -0.05) is 18.2 Å². The molecule has 2 rings (SSSR count). The molecule has 0 spiro atoms. The molecule has 0 aliphatic heterocycles. The van der Waals surface area contributed by atoms with Gasteiger partial charge in [0.25, 0.3) is 0 Å². The normalized spacial score (nSPS) is 10.6. The first-order valence-corrected chi connectivity index (χ1v) is 5.65. The van der Waals surface area contributed by atoms with Crippen molar-refractivity contribution in [3.05, 3.63) is 42.0 Å². The second kappa shape index (κ2) is 5.09. The number of benzene rings is 1. The standard InChI is InChI=1S/C11H13ClN4/c12-8-11-15-14-10(6-7-13)16(11)9-4-2-1-3-5-9/h1-5H,6-8,13H2. The van der Waals surface area contributed by atoms with Crippen molar-refractivity contribution < 1.29 is 0 Å². The first kappa shape index (κ1) is 11.1. The van der Waals surface area contributed by atoms with E-state index in [1.165, 1.54) is 0 Å². The summed E-state index contributed by atoms with van der Waals surface area (Å²) >= 11 is 5.84. The van der Waals surface area contributed by atoms with Crippen LogP contribution in [0.1, 0.15) is 11.6 Å². The molecule has 0 saturated carbocycles. The Morgan fingerprint density at radius 1 is 1.12 bits per heavy atom. The van der Waals surface area contributed by atoms with Gasteiger partial charge in [0.1, 0.15) is 5.82 Å². The Morgan fingerprint density at radius 2 is 1.81 bits per heavy atom. The summed E-state index contributed by atoms with van der Waals surface area (Å²) in [5, 5.41) is 8.16. The van der Waals surface area contributed by atoms with E-state index in [-0.39, 0.29) is 0 Å². The minimum Gasteiger partial charge on any atom is -0.330 e. The number of nitrogens with zero attached hydrogens (tertiary/aromatic N) is 3. The van der Waals surface area contributed by atoms with Crippen molar-refractivity contribution >= 4 is 11.6 Å². The van der Waals surface area contributed by atoms with Crippen molar-refractivity contribution in [1.29, 1.82) is 0 Å². The van der Waals surface area contributed by atoms with Crippen molar-refractivity contribution in [3.8, 4) is 5.69 Å². The van der Waals surface area contributed by atoms with Crippen molar-refractivity contribution in [2.75, 3.05) is 6.54 Å². The Balaban J connectivity index is 2.48. The smallest absolute Gasteiger partial charge is 0.152 e. The molecule has 0 fully saturated rings.